The lowest BCUT2D eigenvalue weighted by molar-refractivity contribution is -0.143. The van der Waals surface area contributed by atoms with Gasteiger partial charge in [-0.05, 0) is 68.0 Å². The SMILES string of the molecule is Cc1cc(C2CNC2)cc2c1C(N1CCC(C(=O)O)CC1)CC2. The maximum atomic E-state index is 11.1. The van der Waals surface area contributed by atoms with Crippen molar-refractivity contribution in [2.45, 2.75) is 44.6 Å². The molecule has 4 heteroatoms. The summed E-state index contributed by atoms with van der Waals surface area (Å²) in [6.07, 6.45) is 3.96. The standard InChI is InChI=1S/C19H26N2O2/c1-12-8-15(16-10-20-11-16)9-14-2-3-17(18(12)14)21-6-4-13(5-7-21)19(22)23/h8-9,13,16-17,20H,2-7,10-11H2,1H3,(H,22,23). The molecule has 1 aromatic carbocycles. The molecule has 124 valence electrons. The van der Waals surface area contributed by atoms with Gasteiger partial charge in [0.15, 0.2) is 0 Å². The van der Waals surface area contributed by atoms with Gasteiger partial charge in [-0.15, -0.1) is 0 Å². The first-order chi connectivity index (χ1) is 11.1. The first kappa shape index (κ1) is 15.2. The molecule has 0 saturated carbocycles. The van der Waals surface area contributed by atoms with E-state index in [0.717, 1.165) is 39.0 Å². The lowest BCUT2D eigenvalue weighted by atomic mass is 9.88. The summed E-state index contributed by atoms with van der Waals surface area (Å²) in [6, 6.07) is 5.35. The third kappa shape index (κ3) is 2.68. The number of carboxylic acids is 1. The predicted molar refractivity (Wildman–Crippen MR) is 89.8 cm³/mol. The summed E-state index contributed by atoms with van der Waals surface area (Å²) in [5.41, 5.74) is 6.02. The number of rotatable bonds is 3. The first-order valence-corrected chi connectivity index (χ1v) is 8.94. The average molecular weight is 314 g/mol. The highest BCUT2D eigenvalue weighted by Crippen LogP contribution is 2.41. The Morgan fingerprint density at radius 2 is 1.96 bits per heavy atom. The van der Waals surface area contributed by atoms with Gasteiger partial charge in [-0.3, -0.25) is 9.69 Å². The fraction of sp³-hybridized carbons (Fsp3) is 0.632. The summed E-state index contributed by atoms with van der Waals surface area (Å²) < 4.78 is 0. The number of benzene rings is 1. The lowest BCUT2D eigenvalue weighted by Gasteiger charge is -2.36. The minimum Gasteiger partial charge on any atom is -0.481 e. The van der Waals surface area contributed by atoms with E-state index < -0.39 is 5.97 Å². The van der Waals surface area contributed by atoms with Gasteiger partial charge < -0.3 is 10.4 Å². The predicted octanol–water partition coefficient (Wildman–Crippen LogP) is 2.47. The number of nitrogens with zero attached hydrogens (tertiary/aromatic N) is 1. The quantitative estimate of drug-likeness (QED) is 0.900. The van der Waals surface area contributed by atoms with Crippen LogP contribution in [0, 0.1) is 12.8 Å². The van der Waals surface area contributed by atoms with E-state index in [9.17, 15) is 9.90 Å². The Balaban J connectivity index is 1.53. The molecule has 1 aromatic rings. The van der Waals surface area contributed by atoms with Crippen LogP contribution in [0.15, 0.2) is 12.1 Å². The smallest absolute Gasteiger partial charge is 0.306 e. The number of carboxylic acid groups (broad SMARTS) is 1. The zero-order chi connectivity index (χ0) is 16.0. The summed E-state index contributed by atoms with van der Waals surface area (Å²) in [5, 5.41) is 12.5. The van der Waals surface area contributed by atoms with Gasteiger partial charge in [-0.2, -0.15) is 0 Å². The molecule has 23 heavy (non-hydrogen) atoms. The molecule has 1 unspecified atom stereocenters. The molecule has 0 amide bonds. The van der Waals surface area contributed by atoms with E-state index in [1.807, 2.05) is 0 Å². The molecule has 4 rings (SSSR count). The van der Waals surface area contributed by atoms with Crippen LogP contribution in [0.1, 0.15) is 53.5 Å². The van der Waals surface area contributed by atoms with E-state index in [2.05, 4.69) is 29.3 Å². The maximum absolute atomic E-state index is 11.1. The van der Waals surface area contributed by atoms with Crippen molar-refractivity contribution >= 4 is 5.97 Å². The molecule has 4 nitrogen and oxygen atoms in total. The van der Waals surface area contributed by atoms with E-state index in [1.165, 1.54) is 35.1 Å². The molecule has 2 aliphatic heterocycles. The summed E-state index contributed by atoms with van der Waals surface area (Å²) in [4.78, 5) is 13.7. The monoisotopic (exact) mass is 314 g/mol. The fourth-order valence-corrected chi connectivity index (χ4v) is 4.61. The van der Waals surface area contributed by atoms with Gasteiger partial charge >= 0.3 is 5.97 Å². The van der Waals surface area contributed by atoms with Crippen molar-refractivity contribution in [3.63, 3.8) is 0 Å². The molecule has 2 N–H and O–H groups in total. The molecule has 2 heterocycles. The van der Waals surface area contributed by atoms with Crippen molar-refractivity contribution in [3.8, 4) is 0 Å². The molecule has 3 aliphatic rings. The van der Waals surface area contributed by atoms with Gasteiger partial charge in [0.2, 0.25) is 0 Å². The van der Waals surface area contributed by atoms with E-state index >= 15 is 0 Å². The van der Waals surface area contributed by atoms with Crippen molar-refractivity contribution in [2.75, 3.05) is 26.2 Å². The van der Waals surface area contributed by atoms with Crippen LogP contribution in [0.3, 0.4) is 0 Å². The highest BCUT2D eigenvalue weighted by molar-refractivity contribution is 5.70. The molecular formula is C19H26N2O2. The van der Waals surface area contributed by atoms with Crippen molar-refractivity contribution in [1.29, 1.82) is 0 Å². The van der Waals surface area contributed by atoms with Crippen molar-refractivity contribution < 1.29 is 9.90 Å². The molecule has 1 atom stereocenters. The van der Waals surface area contributed by atoms with Crippen LogP contribution in [0.5, 0.6) is 0 Å². The van der Waals surface area contributed by atoms with E-state index in [0.29, 0.717) is 12.0 Å². The first-order valence-electron chi connectivity index (χ1n) is 8.94. The molecule has 0 radical (unpaired) electrons. The topological polar surface area (TPSA) is 52.6 Å². The number of aliphatic carboxylic acids is 1. The molecule has 1 aliphatic carbocycles. The van der Waals surface area contributed by atoms with Crippen molar-refractivity contribution in [1.82, 2.24) is 10.2 Å². The van der Waals surface area contributed by atoms with Crippen LogP contribution >= 0.6 is 0 Å². The number of likely N-dealkylation sites (tertiary alicyclic amines) is 1. The van der Waals surface area contributed by atoms with Gasteiger partial charge in [-0.25, -0.2) is 0 Å². The van der Waals surface area contributed by atoms with Gasteiger partial charge in [0.25, 0.3) is 0 Å². The molecular weight excluding hydrogens is 288 g/mol. The summed E-state index contributed by atoms with van der Waals surface area (Å²) >= 11 is 0. The zero-order valence-electron chi connectivity index (χ0n) is 13.8. The lowest BCUT2D eigenvalue weighted by Crippen LogP contribution is -2.40. The van der Waals surface area contributed by atoms with Crippen LogP contribution in [-0.2, 0) is 11.2 Å². The molecule has 0 spiro atoms. The summed E-state index contributed by atoms with van der Waals surface area (Å²) in [7, 11) is 0. The van der Waals surface area contributed by atoms with Crippen molar-refractivity contribution in [2.24, 2.45) is 5.92 Å². The number of aryl methyl sites for hydroxylation is 2. The normalized spacial score (nSPS) is 26.0. The maximum Gasteiger partial charge on any atom is 0.306 e. The van der Waals surface area contributed by atoms with Crippen LogP contribution in [-0.4, -0.2) is 42.2 Å². The van der Waals surface area contributed by atoms with Gasteiger partial charge in [-0.1, -0.05) is 12.1 Å². The second-order valence-corrected chi connectivity index (χ2v) is 7.47. The highest BCUT2D eigenvalue weighted by atomic mass is 16.4. The van der Waals surface area contributed by atoms with Gasteiger partial charge in [0.05, 0.1) is 5.92 Å². The number of nitrogens with one attached hydrogen (secondary N) is 1. The number of hydrogen-bond donors (Lipinski definition) is 2. The minimum absolute atomic E-state index is 0.137. The molecule has 2 fully saturated rings. The average Bonchev–Trinajstić information content (AvgIpc) is 2.90. The largest absolute Gasteiger partial charge is 0.481 e. The molecule has 0 bridgehead atoms. The Hall–Kier alpha value is -1.39. The van der Waals surface area contributed by atoms with Gasteiger partial charge in [0, 0.05) is 25.0 Å². The Bertz CT molecular complexity index is 616. The molecule has 2 saturated heterocycles. The number of piperidine rings is 1. The minimum atomic E-state index is -0.619. The van der Waals surface area contributed by atoms with Crippen LogP contribution < -0.4 is 5.32 Å². The number of hydrogen-bond acceptors (Lipinski definition) is 3. The summed E-state index contributed by atoms with van der Waals surface area (Å²) in [5.74, 6) is -0.0579. The Kier molecular flexibility index (Phi) is 3.90. The number of carbonyl (C=O) groups is 1. The highest BCUT2D eigenvalue weighted by Gasteiger charge is 2.34. The van der Waals surface area contributed by atoms with Crippen LogP contribution in [0.25, 0.3) is 0 Å². The van der Waals surface area contributed by atoms with Crippen molar-refractivity contribution in [3.05, 3.63) is 34.4 Å². The van der Waals surface area contributed by atoms with Crippen LogP contribution in [0.4, 0.5) is 0 Å². The Morgan fingerprint density at radius 3 is 2.57 bits per heavy atom. The summed E-state index contributed by atoms with van der Waals surface area (Å²) in [6.45, 7) is 6.34. The Labute approximate surface area is 137 Å². The fourth-order valence-electron chi connectivity index (χ4n) is 4.61. The zero-order valence-corrected chi connectivity index (χ0v) is 13.8. The van der Waals surface area contributed by atoms with E-state index in [-0.39, 0.29) is 5.92 Å². The van der Waals surface area contributed by atoms with Crippen LogP contribution in [0.2, 0.25) is 0 Å². The molecule has 0 aromatic heterocycles. The third-order valence-electron chi connectivity index (χ3n) is 6.09. The second kappa shape index (κ2) is 5.91. The van der Waals surface area contributed by atoms with E-state index in [1.54, 1.807) is 0 Å². The second-order valence-electron chi connectivity index (χ2n) is 7.47. The van der Waals surface area contributed by atoms with Gasteiger partial charge in [0.1, 0.15) is 0 Å². The van der Waals surface area contributed by atoms with E-state index in [4.69, 9.17) is 0 Å². The third-order valence-corrected chi connectivity index (χ3v) is 6.09. The Morgan fingerprint density at radius 1 is 1.22 bits per heavy atom. The number of fused-ring (bicyclic) bond motifs is 1.